The van der Waals surface area contributed by atoms with E-state index in [2.05, 4.69) is 10.6 Å². The third-order valence-electron chi connectivity index (χ3n) is 3.45. The molecular formula is C15H22N2O2. The molecule has 1 unspecified atom stereocenters. The third-order valence-corrected chi connectivity index (χ3v) is 3.45. The van der Waals surface area contributed by atoms with Crippen LogP contribution in [0.1, 0.15) is 18.4 Å². The lowest BCUT2D eigenvalue weighted by Gasteiger charge is -2.10. The first-order valence-corrected chi connectivity index (χ1v) is 7.00. The second-order valence-electron chi connectivity index (χ2n) is 4.95. The summed E-state index contributed by atoms with van der Waals surface area (Å²) < 4.78 is 5.14. The molecule has 0 spiro atoms. The zero-order valence-electron chi connectivity index (χ0n) is 11.2. The fraction of sp³-hybridized carbons (Fsp3) is 0.533. The predicted octanol–water partition coefficient (Wildman–Crippen LogP) is 1.95. The van der Waals surface area contributed by atoms with E-state index in [0.717, 1.165) is 25.9 Å². The van der Waals surface area contributed by atoms with Crippen LogP contribution in [0.2, 0.25) is 0 Å². The van der Waals surface area contributed by atoms with Crippen molar-refractivity contribution in [1.29, 1.82) is 0 Å². The molecule has 2 N–H and O–H groups in total. The Morgan fingerprint density at radius 3 is 2.95 bits per heavy atom. The molecule has 1 aromatic carbocycles. The minimum atomic E-state index is -0.304. The average molecular weight is 262 g/mol. The summed E-state index contributed by atoms with van der Waals surface area (Å²) in [7, 11) is 0. The van der Waals surface area contributed by atoms with Gasteiger partial charge in [0.1, 0.15) is 0 Å². The normalized spacial score (nSPS) is 18.2. The lowest BCUT2D eigenvalue weighted by Crippen LogP contribution is -2.27. The molecule has 0 bridgehead atoms. The van der Waals surface area contributed by atoms with Crippen molar-refractivity contribution in [3.8, 4) is 0 Å². The topological polar surface area (TPSA) is 50.4 Å². The van der Waals surface area contributed by atoms with E-state index in [1.165, 1.54) is 12.0 Å². The highest BCUT2D eigenvalue weighted by atomic mass is 16.5. The van der Waals surface area contributed by atoms with Crippen molar-refractivity contribution in [2.45, 2.75) is 19.3 Å². The standard InChI is InChI=1S/C15H22N2O2/c18-15(17-10-7-14-6-9-16-12-14)19-11-8-13-4-2-1-3-5-13/h1-5,14,16H,6-12H2,(H,17,18). The summed E-state index contributed by atoms with van der Waals surface area (Å²) in [4.78, 5) is 11.5. The van der Waals surface area contributed by atoms with Crippen LogP contribution in [0.3, 0.4) is 0 Å². The molecule has 2 rings (SSSR count). The number of alkyl carbamates (subject to hydrolysis) is 1. The van der Waals surface area contributed by atoms with Gasteiger partial charge < -0.3 is 15.4 Å². The van der Waals surface area contributed by atoms with Gasteiger partial charge in [0, 0.05) is 13.0 Å². The molecule has 1 aliphatic heterocycles. The van der Waals surface area contributed by atoms with Crippen LogP contribution in [0, 0.1) is 5.92 Å². The number of ether oxygens (including phenoxy) is 1. The number of carbonyl (C=O) groups excluding carboxylic acids is 1. The largest absolute Gasteiger partial charge is 0.449 e. The van der Waals surface area contributed by atoms with Gasteiger partial charge in [-0.05, 0) is 37.4 Å². The molecule has 1 amide bonds. The van der Waals surface area contributed by atoms with Crippen molar-refractivity contribution in [3.63, 3.8) is 0 Å². The number of carbonyl (C=O) groups is 1. The molecule has 1 fully saturated rings. The van der Waals surface area contributed by atoms with E-state index in [4.69, 9.17) is 4.74 Å². The summed E-state index contributed by atoms with van der Waals surface area (Å²) >= 11 is 0. The summed E-state index contributed by atoms with van der Waals surface area (Å²) in [5, 5.41) is 6.13. The van der Waals surface area contributed by atoms with Crippen molar-refractivity contribution in [1.82, 2.24) is 10.6 Å². The molecule has 0 aromatic heterocycles. The quantitative estimate of drug-likeness (QED) is 0.824. The summed E-state index contributed by atoms with van der Waals surface area (Å²) in [6.45, 7) is 3.31. The van der Waals surface area contributed by atoms with Crippen molar-refractivity contribution in [2.75, 3.05) is 26.2 Å². The maximum Gasteiger partial charge on any atom is 0.407 e. The van der Waals surface area contributed by atoms with Crippen LogP contribution in [0.5, 0.6) is 0 Å². The molecule has 0 saturated carbocycles. The molecule has 19 heavy (non-hydrogen) atoms. The zero-order chi connectivity index (χ0) is 13.3. The Kier molecular flexibility index (Phi) is 5.69. The van der Waals surface area contributed by atoms with E-state index in [9.17, 15) is 4.79 Å². The average Bonchev–Trinajstić information content (AvgIpc) is 2.93. The first kappa shape index (κ1) is 13.9. The Morgan fingerprint density at radius 2 is 2.21 bits per heavy atom. The van der Waals surface area contributed by atoms with Gasteiger partial charge in [0.2, 0.25) is 0 Å². The molecule has 0 radical (unpaired) electrons. The highest BCUT2D eigenvalue weighted by Gasteiger charge is 2.14. The number of benzene rings is 1. The Morgan fingerprint density at radius 1 is 1.37 bits per heavy atom. The number of amides is 1. The number of nitrogens with one attached hydrogen (secondary N) is 2. The lowest BCUT2D eigenvalue weighted by molar-refractivity contribution is 0.147. The fourth-order valence-corrected chi connectivity index (χ4v) is 2.30. The number of hydrogen-bond acceptors (Lipinski definition) is 3. The number of rotatable bonds is 6. The summed E-state index contributed by atoms with van der Waals surface area (Å²) in [6, 6.07) is 10.0. The molecule has 1 heterocycles. The van der Waals surface area contributed by atoms with Gasteiger partial charge in [-0.25, -0.2) is 4.79 Å². The van der Waals surface area contributed by atoms with E-state index in [1.807, 2.05) is 30.3 Å². The molecule has 1 saturated heterocycles. The van der Waals surface area contributed by atoms with Crippen molar-refractivity contribution >= 4 is 6.09 Å². The van der Waals surface area contributed by atoms with Gasteiger partial charge in [-0.15, -0.1) is 0 Å². The third kappa shape index (κ3) is 5.30. The van der Waals surface area contributed by atoms with Crippen LogP contribution in [0.15, 0.2) is 30.3 Å². The van der Waals surface area contributed by atoms with E-state index < -0.39 is 0 Å². The smallest absolute Gasteiger partial charge is 0.407 e. The molecular weight excluding hydrogens is 240 g/mol. The van der Waals surface area contributed by atoms with E-state index >= 15 is 0 Å². The van der Waals surface area contributed by atoms with Gasteiger partial charge in [0.15, 0.2) is 0 Å². The van der Waals surface area contributed by atoms with Crippen molar-refractivity contribution in [3.05, 3.63) is 35.9 Å². The van der Waals surface area contributed by atoms with Crippen LogP contribution in [0.4, 0.5) is 4.79 Å². The lowest BCUT2D eigenvalue weighted by atomic mass is 10.1. The fourth-order valence-electron chi connectivity index (χ4n) is 2.30. The number of hydrogen-bond donors (Lipinski definition) is 2. The highest BCUT2D eigenvalue weighted by molar-refractivity contribution is 5.67. The van der Waals surface area contributed by atoms with Gasteiger partial charge in [-0.2, -0.15) is 0 Å². The van der Waals surface area contributed by atoms with Gasteiger partial charge >= 0.3 is 6.09 Å². The molecule has 0 aliphatic carbocycles. The van der Waals surface area contributed by atoms with Crippen LogP contribution in [0.25, 0.3) is 0 Å². The zero-order valence-corrected chi connectivity index (χ0v) is 11.2. The predicted molar refractivity (Wildman–Crippen MR) is 75.1 cm³/mol. The minimum Gasteiger partial charge on any atom is -0.449 e. The molecule has 4 nitrogen and oxygen atoms in total. The van der Waals surface area contributed by atoms with Crippen LogP contribution in [-0.2, 0) is 11.2 Å². The summed E-state index contributed by atoms with van der Waals surface area (Å²) in [5.74, 6) is 0.699. The SMILES string of the molecule is O=C(NCCC1CCNC1)OCCc1ccccc1. The van der Waals surface area contributed by atoms with E-state index in [-0.39, 0.29) is 6.09 Å². The first-order chi connectivity index (χ1) is 9.34. The van der Waals surface area contributed by atoms with E-state index in [0.29, 0.717) is 19.1 Å². The maximum atomic E-state index is 11.5. The maximum absolute atomic E-state index is 11.5. The molecule has 1 aromatic rings. The van der Waals surface area contributed by atoms with Crippen LogP contribution < -0.4 is 10.6 Å². The van der Waals surface area contributed by atoms with E-state index in [1.54, 1.807) is 0 Å². The summed E-state index contributed by atoms with van der Waals surface area (Å²) in [5.41, 5.74) is 1.19. The summed E-state index contributed by atoms with van der Waals surface area (Å²) in [6.07, 6.45) is 2.70. The molecule has 4 heteroatoms. The monoisotopic (exact) mass is 262 g/mol. The van der Waals surface area contributed by atoms with Gasteiger partial charge in [0.25, 0.3) is 0 Å². The second kappa shape index (κ2) is 7.79. The van der Waals surface area contributed by atoms with Crippen molar-refractivity contribution < 1.29 is 9.53 Å². The Bertz CT molecular complexity index is 375. The van der Waals surface area contributed by atoms with Gasteiger partial charge in [-0.3, -0.25) is 0 Å². The highest BCUT2D eigenvalue weighted by Crippen LogP contribution is 2.10. The Balaban J connectivity index is 1.52. The van der Waals surface area contributed by atoms with Crippen molar-refractivity contribution in [2.24, 2.45) is 5.92 Å². The molecule has 1 atom stereocenters. The molecule has 1 aliphatic rings. The van der Waals surface area contributed by atoms with Crippen LogP contribution in [-0.4, -0.2) is 32.3 Å². The molecule has 104 valence electrons. The Labute approximate surface area is 114 Å². The minimum absolute atomic E-state index is 0.304. The van der Waals surface area contributed by atoms with Gasteiger partial charge in [0.05, 0.1) is 6.61 Å². The second-order valence-corrected chi connectivity index (χ2v) is 4.95. The first-order valence-electron chi connectivity index (χ1n) is 7.00. The van der Waals surface area contributed by atoms with Gasteiger partial charge in [-0.1, -0.05) is 30.3 Å². The van der Waals surface area contributed by atoms with Crippen LogP contribution >= 0.6 is 0 Å². The Hall–Kier alpha value is -1.55.